The number of aromatic nitrogens is 1. The number of para-hydroxylation sites is 1. The van der Waals surface area contributed by atoms with Gasteiger partial charge in [-0.3, -0.25) is 5.92 Å². The number of thiazole rings is 1. The predicted octanol–water partition coefficient (Wildman–Crippen LogP) is 3.23. The van der Waals surface area contributed by atoms with Gasteiger partial charge in [-0.15, -0.1) is 17.8 Å². The van der Waals surface area contributed by atoms with Gasteiger partial charge in [-0.2, -0.15) is 12.8 Å². The van der Waals surface area contributed by atoms with Gasteiger partial charge in [0.1, 0.15) is 0 Å². The average molecular weight is 450 g/mol. The number of carbonyl (C=O) groups excluding carboxylic acids is 1. The predicted molar refractivity (Wildman–Crippen MR) is 122 cm³/mol. The number of benzene rings is 2. The van der Waals surface area contributed by atoms with Crippen molar-refractivity contribution in [2.24, 2.45) is 0 Å². The van der Waals surface area contributed by atoms with Crippen molar-refractivity contribution in [2.75, 3.05) is 7.11 Å². The number of ether oxygens (including phenoxy) is 1. The molecule has 0 radical (unpaired) electrons. The molecule has 0 aliphatic heterocycles. The zero-order valence-corrected chi connectivity index (χ0v) is 22.6. The van der Waals surface area contributed by atoms with E-state index in [0.717, 1.165) is 29.7 Å². The molecule has 4 rings (SSSR count). The van der Waals surface area contributed by atoms with Gasteiger partial charge in [0.25, 0.3) is 0 Å². The van der Waals surface area contributed by atoms with Crippen LogP contribution in [-0.4, -0.2) is 24.0 Å². The smallest absolute Gasteiger partial charge is 0.672 e. The van der Waals surface area contributed by atoms with Crippen LogP contribution in [0.3, 0.4) is 0 Å². The van der Waals surface area contributed by atoms with Crippen molar-refractivity contribution >= 4 is 27.8 Å². The Kier molecular flexibility index (Phi) is 12.7. The fourth-order valence-corrected chi connectivity index (χ4v) is 3.60. The van der Waals surface area contributed by atoms with E-state index < -0.39 is 0 Å². The summed E-state index contributed by atoms with van der Waals surface area (Å²) in [4.78, 5) is 14.6. The zero-order chi connectivity index (χ0) is 21.3. The van der Waals surface area contributed by atoms with Crippen molar-refractivity contribution in [3.05, 3.63) is 76.3 Å². The second-order valence-corrected chi connectivity index (χ2v) is 8.93. The monoisotopic (exact) mass is 449 g/mol. The van der Waals surface area contributed by atoms with E-state index in [1.165, 1.54) is 21.7 Å². The molecule has 0 unspecified atom stereocenters. The maximum Gasteiger partial charge on any atom is 1.00 e. The van der Waals surface area contributed by atoms with Gasteiger partial charge in [0.05, 0.1) is 27.1 Å². The van der Waals surface area contributed by atoms with E-state index in [1.807, 2.05) is 45.0 Å². The molecule has 1 aromatic heterocycles. The molecule has 30 heavy (non-hydrogen) atoms. The first-order chi connectivity index (χ1) is 13.9. The van der Waals surface area contributed by atoms with Crippen LogP contribution in [0.15, 0.2) is 48.5 Å². The molecule has 0 saturated heterocycles. The van der Waals surface area contributed by atoms with Gasteiger partial charge in [-0.1, -0.05) is 54.1 Å². The summed E-state index contributed by atoms with van der Waals surface area (Å²) in [5, 5.41) is 0.895. The Hall–Kier alpha value is -0.444. The van der Waals surface area contributed by atoms with Gasteiger partial charge in [-0.05, 0) is 32.9 Å². The quantitative estimate of drug-likeness (QED) is 0.350. The Balaban J connectivity index is 0.000000234. The Labute approximate surface area is 227 Å². The van der Waals surface area contributed by atoms with Crippen molar-refractivity contribution in [3.63, 3.8) is 0 Å². The van der Waals surface area contributed by atoms with Gasteiger partial charge in [0.2, 0.25) is 0 Å². The Morgan fingerprint density at radius 2 is 1.63 bits per heavy atom. The molecule has 0 fully saturated rings. The second kappa shape index (κ2) is 13.9. The Bertz CT molecular complexity index is 847. The number of fused-ring (bicyclic) bond motifs is 2. The molecule has 156 valence electrons. The summed E-state index contributed by atoms with van der Waals surface area (Å²) in [7, 11) is 1.71. The molecule has 1 N–H and O–H groups in total. The van der Waals surface area contributed by atoms with Crippen LogP contribution < -0.4 is 51.4 Å². The molecular formula is C24H30KN2O2S-. The van der Waals surface area contributed by atoms with Crippen LogP contribution in [0.4, 0.5) is 0 Å². The summed E-state index contributed by atoms with van der Waals surface area (Å²) < 4.78 is 6.11. The Morgan fingerprint density at radius 3 is 2.10 bits per heavy atom. The minimum absolute atomic E-state index is 0. The van der Waals surface area contributed by atoms with Crippen LogP contribution in [0.25, 0.3) is 16.0 Å². The number of methoxy groups -OCH3 is 1. The summed E-state index contributed by atoms with van der Waals surface area (Å²) in [6, 6.07) is 16.4. The first-order valence-electron chi connectivity index (χ1n) is 9.74. The number of hydrogen-bond donors (Lipinski definition) is 0. The Morgan fingerprint density at radius 1 is 1.10 bits per heavy atom. The molecule has 3 aromatic rings. The number of nitrogens with zero attached hydrogens (tertiary/aromatic N) is 1. The molecule has 0 atom stereocenters. The van der Waals surface area contributed by atoms with Crippen LogP contribution in [0.5, 0.6) is 0 Å². The van der Waals surface area contributed by atoms with Gasteiger partial charge < -0.3 is 15.3 Å². The minimum atomic E-state index is 0. The maximum atomic E-state index is 10.3. The third-order valence-corrected chi connectivity index (χ3v) is 5.51. The van der Waals surface area contributed by atoms with Crippen LogP contribution in [0.2, 0.25) is 0 Å². The summed E-state index contributed by atoms with van der Waals surface area (Å²) in [5.41, 5.74) is 11.0. The molecule has 4 nitrogen and oxygen atoms in total. The molecule has 6 heteroatoms. The molecule has 0 amide bonds. The summed E-state index contributed by atoms with van der Waals surface area (Å²) >= 11 is 1.60. The number of rotatable bonds is 3. The van der Waals surface area contributed by atoms with E-state index >= 15 is 0 Å². The average Bonchev–Trinajstić information content (AvgIpc) is 3.31. The summed E-state index contributed by atoms with van der Waals surface area (Å²) in [6.45, 7) is 6.35. The largest absolute Gasteiger partial charge is 1.00 e. The van der Waals surface area contributed by atoms with Gasteiger partial charge in [0.15, 0.2) is 0 Å². The summed E-state index contributed by atoms with van der Waals surface area (Å²) in [5.74, 6) is 1.35. The van der Waals surface area contributed by atoms with E-state index in [9.17, 15) is 4.79 Å². The first kappa shape index (κ1) is 27.6. The molecule has 0 saturated carbocycles. The third-order valence-electron chi connectivity index (χ3n) is 4.47. The molecule has 0 bridgehead atoms. The van der Waals surface area contributed by atoms with Crippen molar-refractivity contribution in [1.29, 1.82) is 0 Å². The van der Waals surface area contributed by atoms with Crippen molar-refractivity contribution in [1.82, 2.24) is 4.98 Å². The number of aldehydes is 1. The topological polar surface area (TPSA) is 63.0 Å². The molecule has 0 spiro atoms. The van der Waals surface area contributed by atoms with E-state index in [2.05, 4.69) is 29.2 Å². The SMILES string of the molecule is COC(C)(C)C.O=CC[C-]1Cc2ccccc2C1.[K+].[NH-]Cc1nc2ccccc2s1. The molecule has 1 aliphatic carbocycles. The molecule has 1 aliphatic rings. The van der Waals surface area contributed by atoms with Crippen molar-refractivity contribution in [3.8, 4) is 0 Å². The standard InChI is InChI=1S/C11H11O.C8H7N2S.C5H12O.K/c12-6-5-9-7-10-3-1-2-4-11(10)8-9;9-5-8-10-6-3-1-2-4-7(6)11-8;1-5(2,3)6-4;/h1-4,6H,5,7-8H2;1-4,9H,5H2;1-4H3;/q2*-1;;+1. The summed E-state index contributed by atoms with van der Waals surface area (Å²) in [6.07, 6.45) is 3.65. The first-order valence-corrected chi connectivity index (χ1v) is 10.6. The fourth-order valence-electron chi connectivity index (χ4n) is 2.76. The van der Waals surface area contributed by atoms with Gasteiger partial charge >= 0.3 is 51.4 Å². The zero-order valence-electron chi connectivity index (χ0n) is 18.7. The number of carbonyl (C=O) groups is 1. The van der Waals surface area contributed by atoms with Crippen LogP contribution in [0, 0.1) is 5.92 Å². The van der Waals surface area contributed by atoms with E-state index in [0.29, 0.717) is 13.0 Å². The number of hydrogen-bond acceptors (Lipinski definition) is 4. The van der Waals surface area contributed by atoms with E-state index in [1.54, 1.807) is 18.4 Å². The van der Waals surface area contributed by atoms with Crippen LogP contribution in [0.1, 0.15) is 43.3 Å². The third kappa shape index (κ3) is 9.36. The van der Waals surface area contributed by atoms with Crippen LogP contribution in [-0.2, 0) is 28.9 Å². The second-order valence-electron chi connectivity index (χ2n) is 7.81. The number of nitrogens with one attached hydrogen (secondary N) is 1. The molecular weight excluding hydrogens is 419 g/mol. The minimum Gasteiger partial charge on any atom is -0.672 e. The van der Waals surface area contributed by atoms with E-state index in [-0.39, 0.29) is 57.0 Å². The van der Waals surface area contributed by atoms with Crippen molar-refractivity contribution in [2.45, 2.75) is 52.2 Å². The maximum absolute atomic E-state index is 10.3. The fraction of sp³-hybridized carbons (Fsp3) is 0.375. The molecule has 2 aromatic carbocycles. The van der Waals surface area contributed by atoms with Crippen molar-refractivity contribution < 1.29 is 60.9 Å². The van der Waals surface area contributed by atoms with Gasteiger partial charge in [0, 0.05) is 7.11 Å². The van der Waals surface area contributed by atoms with Crippen LogP contribution >= 0.6 is 11.3 Å². The van der Waals surface area contributed by atoms with E-state index in [4.69, 9.17) is 10.5 Å². The molecule has 1 heterocycles. The normalized spacial score (nSPS) is 12.7. The van der Waals surface area contributed by atoms with Gasteiger partial charge in [-0.25, -0.2) is 4.98 Å².